The lowest BCUT2D eigenvalue weighted by Gasteiger charge is -2.36. The van der Waals surface area contributed by atoms with E-state index in [0.29, 0.717) is 11.1 Å². The summed E-state index contributed by atoms with van der Waals surface area (Å²) >= 11 is 6.04. The molecule has 1 aliphatic rings. The maximum atomic E-state index is 9.94. The third-order valence-corrected chi connectivity index (χ3v) is 3.56. The van der Waals surface area contributed by atoms with Crippen LogP contribution in [0.15, 0.2) is 12.4 Å². The molecule has 4 nitrogen and oxygen atoms in total. The molecule has 1 saturated heterocycles. The highest BCUT2D eigenvalue weighted by molar-refractivity contribution is 6.31. The van der Waals surface area contributed by atoms with Gasteiger partial charge in [-0.3, -0.25) is 0 Å². The van der Waals surface area contributed by atoms with Crippen LogP contribution in [0.2, 0.25) is 5.15 Å². The first kappa shape index (κ1) is 12.6. The van der Waals surface area contributed by atoms with Crippen molar-refractivity contribution in [2.24, 2.45) is 5.92 Å². The lowest BCUT2D eigenvalue weighted by molar-refractivity contribution is 0.0828. The molecule has 2 atom stereocenters. The maximum Gasteiger partial charge on any atom is 0.171 e. The van der Waals surface area contributed by atoms with Crippen LogP contribution in [0.3, 0.4) is 0 Å². The lowest BCUT2D eigenvalue weighted by atomic mass is 9.91. The highest BCUT2D eigenvalue weighted by Gasteiger charge is 2.28. The summed E-state index contributed by atoms with van der Waals surface area (Å²) in [5, 5.41) is 10.4. The molecule has 1 aromatic heterocycles. The molecule has 1 fully saturated rings. The molecule has 1 aliphatic heterocycles. The second-order valence-electron chi connectivity index (χ2n) is 4.52. The first-order chi connectivity index (χ1) is 8.22. The normalized spacial score (nSPS) is 25.0. The maximum absolute atomic E-state index is 9.94. The quantitative estimate of drug-likeness (QED) is 0.899. The Morgan fingerprint density at radius 1 is 1.47 bits per heavy atom. The van der Waals surface area contributed by atoms with Gasteiger partial charge in [0, 0.05) is 31.4 Å². The van der Waals surface area contributed by atoms with Gasteiger partial charge in [0.1, 0.15) is 0 Å². The predicted molar refractivity (Wildman–Crippen MR) is 68.3 cm³/mol. The van der Waals surface area contributed by atoms with Gasteiger partial charge in [0.05, 0.1) is 6.10 Å². The zero-order valence-electron chi connectivity index (χ0n) is 10.0. The van der Waals surface area contributed by atoms with Crippen LogP contribution in [0.1, 0.15) is 26.2 Å². The second-order valence-corrected chi connectivity index (χ2v) is 4.88. The van der Waals surface area contributed by atoms with E-state index in [1.54, 1.807) is 12.4 Å². The Morgan fingerprint density at radius 2 is 2.24 bits per heavy atom. The number of hydrogen-bond donors (Lipinski definition) is 1. The first-order valence-corrected chi connectivity index (χ1v) is 6.49. The molecule has 0 bridgehead atoms. The molecular weight excluding hydrogens is 238 g/mol. The molecule has 0 amide bonds. The Labute approximate surface area is 107 Å². The van der Waals surface area contributed by atoms with Crippen molar-refractivity contribution in [1.82, 2.24) is 9.97 Å². The summed E-state index contributed by atoms with van der Waals surface area (Å²) in [6.07, 6.45) is 5.95. The van der Waals surface area contributed by atoms with E-state index in [4.69, 9.17) is 11.6 Å². The van der Waals surface area contributed by atoms with E-state index in [2.05, 4.69) is 21.8 Å². The fourth-order valence-electron chi connectivity index (χ4n) is 2.39. The lowest BCUT2D eigenvalue weighted by Crippen LogP contribution is -2.43. The van der Waals surface area contributed by atoms with Crippen LogP contribution in [0.5, 0.6) is 0 Å². The topological polar surface area (TPSA) is 49.2 Å². The number of aliphatic hydroxyl groups is 1. The summed E-state index contributed by atoms with van der Waals surface area (Å²) in [5.74, 6) is 1.05. The van der Waals surface area contributed by atoms with Crippen LogP contribution in [0.25, 0.3) is 0 Å². The first-order valence-electron chi connectivity index (χ1n) is 6.12. The molecule has 1 N–H and O–H groups in total. The Hall–Kier alpha value is -0.870. The standard InChI is InChI=1S/C12H18ClN3O/c1-2-3-9-8-16(7-4-10(9)17)12-11(13)14-5-6-15-12/h5-6,9-10,17H,2-4,7-8H2,1H3/t9-,10+/m0/s1. The highest BCUT2D eigenvalue weighted by atomic mass is 35.5. The monoisotopic (exact) mass is 255 g/mol. The Bertz CT molecular complexity index is 375. The average Bonchev–Trinajstić information content (AvgIpc) is 2.33. The minimum atomic E-state index is -0.193. The smallest absolute Gasteiger partial charge is 0.171 e. The van der Waals surface area contributed by atoms with Crippen molar-refractivity contribution in [2.75, 3.05) is 18.0 Å². The van der Waals surface area contributed by atoms with Gasteiger partial charge in [-0.2, -0.15) is 0 Å². The van der Waals surface area contributed by atoms with Crippen molar-refractivity contribution < 1.29 is 5.11 Å². The molecule has 17 heavy (non-hydrogen) atoms. The highest BCUT2D eigenvalue weighted by Crippen LogP contribution is 2.28. The zero-order chi connectivity index (χ0) is 12.3. The van der Waals surface area contributed by atoms with Gasteiger partial charge in [-0.15, -0.1) is 0 Å². The molecule has 0 unspecified atom stereocenters. The van der Waals surface area contributed by atoms with E-state index in [-0.39, 0.29) is 6.10 Å². The predicted octanol–water partition coefficient (Wildman–Crippen LogP) is 2.12. The van der Waals surface area contributed by atoms with Gasteiger partial charge in [-0.05, 0) is 12.8 Å². The van der Waals surface area contributed by atoms with Crippen LogP contribution >= 0.6 is 11.6 Å². The molecule has 2 heterocycles. The molecule has 0 spiro atoms. The fourth-order valence-corrected chi connectivity index (χ4v) is 2.62. The Kier molecular flexibility index (Phi) is 4.18. The minimum absolute atomic E-state index is 0.193. The van der Waals surface area contributed by atoms with E-state index in [9.17, 15) is 5.11 Å². The largest absolute Gasteiger partial charge is 0.393 e. The second kappa shape index (κ2) is 5.65. The van der Waals surface area contributed by atoms with Gasteiger partial charge >= 0.3 is 0 Å². The number of aliphatic hydroxyl groups excluding tert-OH is 1. The summed E-state index contributed by atoms with van der Waals surface area (Å²) < 4.78 is 0. The van der Waals surface area contributed by atoms with Crippen molar-refractivity contribution in [3.63, 3.8) is 0 Å². The van der Waals surface area contributed by atoms with Crippen molar-refractivity contribution in [2.45, 2.75) is 32.3 Å². The molecule has 5 heteroatoms. The van der Waals surface area contributed by atoms with Crippen molar-refractivity contribution in [3.8, 4) is 0 Å². The summed E-state index contributed by atoms with van der Waals surface area (Å²) in [7, 11) is 0. The van der Waals surface area contributed by atoms with Crippen LogP contribution in [0, 0.1) is 5.92 Å². The SMILES string of the molecule is CCC[C@H]1CN(c2nccnc2Cl)CC[C@H]1O. The van der Waals surface area contributed by atoms with Crippen molar-refractivity contribution >= 4 is 17.4 Å². The molecule has 2 rings (SSSR count). The molecule has 0 saturated carbocycles. The van der Waals surface area contributed by atoms with Gasteiger partial charge < -0.3 is 10.0 Å². The van der Waals surface area contributed by atoms with Crippen molar-refractivity contribution in [1.29, 1.82) is 0 Å². The molecule has 0 aliphatic carbocycles. The average molecular weight is 256 g/mol. The molecule has 94 valence electrons. The number of anilines is 1. The number of aromatic nitrogens is 2. The third-order valence-electron chi connectivity index (χ3n) is 3.29. The molecule has 0 aromatic carbocycles. The van der Waals surface area contributed by atoms with Crippen LogP contribution < -0.4 is 4.90 Å². The summed E-state index contributed by atoms with van der Waals surface area (Å²) in [5.41, 5.74) is 0. The van der Waals surface area contributed by atoms with Crippen LogP contribution in [-0.4, -0.2) is 34.3 Å². The number of halogens is 1. The fraction of sp³-hybridized carbons (Fsp3) is 0.667. The summed E-state index contributed by atoms with van der Waals surface area (Å²) in [6, 6.07) is 0. The molecular formula is C12H18ClN3O. The van der Waals surface area contributed by atoms with E-state index < -0.39 is 0 Å². The van der Waals surface area contributed by atoms with E-state index in [1.807, 2.05) is 0 Å². The summed E-state index contributed by atoms with van der Waals surface area (Å²) in [6.45, 7) is 3.74. The number of rotatable bonds is 3. The summed E-state index contributed by atoms with van der Waals surface area (Å²) in [4.78, 5) is 10.4. The zero-order valence-corrected chi connectivity index (χ0v) is 10.8. The van der Waals surface area contributed by atoms with E-state index >= 15 is 0 Å². The third kappa shape index (κ3) is 2.87. The van der Waals surface area contributed by atoms with Gasteiger partial charge in [-0.25, -0.2) is 9.97 Å². The Morgan fingerprint density at radius 3 is 2.94 bits per heavy atom. The van der Waals surface area contributed by atoms with Crippen molar-refractivity contribution in [3.05, 3.63) is 17.5 Å². The van der Waals surface area contributed by atoms with Crippen LogP contribution in [0.4, 0.5) is 5.82 Å². The molecule has 1 aromatic rings. The van der Waals surface area contributed by atoms with Crippen LogP contribution in [-0.2, 0) is 0 Å². The minimum Gasteiger partial charge on any atom is -0.393 e. The van der Waals surface area contributed by atoms with Gasteiger partial charge in [0.15, 0.2) is 11.0 Å². The number of nitrogens with zero attached hydrogens (tertiary/aromatic N) is 3. The van der Waals surface area contributed by atoms with Gasteiger partial charge in [-0.1, -0.05) is 24.9 Å². The number of piperidine rings is 1. The van der Waals surface area contributed by atoms with E-state index in [1.165, 1.54) is 0 Å². The molecule has 0 radical (unpaired) electrons. The van der Waals surface area contributed by atoms with E-state index in [0.717, 1.165) is 38.2 Å². The number of hydrogen-bond acceptors (Lipinski definition) is 4. The Balaban J connectivity index is 2.10. The van der Waals surface area contributed by atoms with Gasteiger partial charge in [0.2, 0.25) is 0 Å². The van der Waals surface area contributed by atoms with Gasteiger partial charge in [0.25, 0.3) is 0 Å².